The maximum absolute atomic E-state index is 11.9. The summed E-state index contributed by atoms with van der Waals surface area (Å²) in [6.45, 7) is 0.373. The number of ether oxygens (including phenoxy) is 4. The van der Waals surface area contributed by atoms with E-state index in [0.717, 1.165) is 11.1 Å². The number of rotatable bonds is 9. The highest BCUT2D eigenvalue weighted by atomic mass is 16.6. The molecule has 0 aliphatic heterocycles. The first-order chi connectivity index (χ1) is 21.2. The lowest BCUT2D eigenvalue weighted by Crippen LogP contribution is -2.44. The zero-order valence-electron chi connectivity index (χ0n) is 25.1. The van der Waals surface area contributed by atoms with E-state index in [1.165, 1.54) is 7.11 Å². The summed E-state index contributed by atoms with van der Waals surface area (Å²) < 4.78 is 20.5. The standard InChI is InChI=1S/C17H23NO5.C15H19NO5/c1-21-15-9-13(16(19)22-2)8-14(10-15)18-17(20)23-11-12-6-4-3-5-7-12;17-13-7-11(14(18)19)6-12(8-13)16-15(20)21-9-10-4-2-1-3-5-10/h3-7,13-15H,8-11H2,1-2H3,(H,18,20);1-5,11-13,17H,6-9H2,(H,16,20)(H,18,19)/t13-,14+,15-;11-,12+,13-/m00/s1. The number of hydrogen-bond donors (Lipinski definition) is 4. The van der Waals surface area contributed by atoms with E-state index in [4.69, 9.17) is 24.1 Å². The number of aliphatic carboxylic acids is 1. The molecule has 4 rings (SSSR count). The second kappa shape index (κ2) is 17.8. The van der Waals surface area contributed by atoms with Crippen LogP contribution < -0.4 is 10.6 Å². The van der Waals surface area contributed by atoms with Crippen LogP contribution in [0.5, 0.6) is 0 Å². The quantitative estimate of drug-likeness (QED) is 0.241. The third kappa shape index (κ3) is 11.8. The van der Waals surface area contributed by atoms with Crippen molar-refractivity contribution in [2.45, 2.75) is 76.0 Å². The van der Waals surface area contributed by atoms with Crippen molar-refractivity contribution in [1.29, 1.82) is 0 Å². The Morgan fingerprint density at radius 3 is 1.68 bits per heavy atom. The summed E-state index contributed by atoms with van der Waals surface area (Å²) >= 11 is 0. The Kier molecular flexibility index (Phi) is 13.9. The highest BCUT2D eigenvalue weighted by Gasteiger charge is 2.35. The Labute approximate surface area is 257 Å². The van der Waals surface area contributed by atoms with Gasteiger partial charge in [0.15, 0.2) is 0 Å². The predicted molar refractivity (Wildman–Crippen MR) is 158 cm³/mol. The van der Waals surface area contributed by atoms with Crippen LogP contribution in [0.1, 0.15) is 49.7 Å². The average Bonchev–Trinajstić information content (AvgIpc) is 3.03. The fourth-order valence-electron chi connectivity index (χ4n) is 5.41. The van der Waals surface area contributed by atoms with Gasteiger partial charge in [0.25, 0.3) is 0 Å². The Hall–Kier alpha value is -4.16. The second-order valence-corrected chi connectivity index (χ2v) is 11.0. The van der Waals surface area contributed by atoms with Crippen LogP contribution in [-0.2, 0) is 41.8 Å². The maximum atomic E-state index is 11.9. The lowest BCUT2D eigenvalue weighted by molar-refractivity contribution is -0.148. The molecule has 2 aromatic carbocycles. The summed E-state index contributed by atoms with van der Waals surface area (Å²) in [6.07, 6.45) is 0.828. The van der Waals surface area contributed by atoms with Crippen molar-refractivity contribution < 1.29 is 48.3 Å². The summed E-state index contributed by atoms with van der Waals surface area (Å²) in [5.74, 6) is -2.11. The molecule has 2 fully saturated rings. The van der Waals surface area contributed by atoms with Gasteiger partial charge in [0.05, 0.1) is 31.2 Å². The predicted octanol–water partition coefficient (Wildman–Crippen LogP) is 3.80. The number of aliphatic hydroxyl groups excluding tert-OH is 1. The fraction of sp³-hybridized carbons (Fsp3) is 0.500. The first-order valence-electron chi connectivity index (χ1n) is 14.6. The number of methoxy groups -OCH3 is 2. The number of alkyl carbamates (subject to hydrolysis) is 2. The zero-order valence-corrected chi connectivity index (χ0v) is 25.1. The first kappa shape index (κ1) is 34.3. The van der Waals surface area contributed by atoms with E-state index in [9.17, 15) is 24.3 Å². The normalized spacial score (nSPS) is 24.4. The molecule has 0 radical (unpaired) electrons. The second-order valence-electron chi connectivity index (χ2n) is 11.0. The third-order valence-corrected chi connectivity index (χ3v) is 7.63. The molecule has 240 valence electrons. The van der Waals surface area contributed by atoms with Crippen LogP contribution in [0.25, 0.3) is 0 Å². The Bertz CT molecular complexity index is 1200. The number of carboxylic acid groups (broad SMARTS) is 1. The molecular formula is C32H42N2O10. The number of aliphatic hydroxyl groups is 1. The smallest absolute Gasteiger partial charge is 0.407 e. The topological polar surface area (TPSA) is 170 Å². The molecule has 0 aromatic heterocycles. The SMILES string of the molecule is COC(=O)[C@H]1C[C@@H](NC(=O)OCc2ccccc2)C[C@@H](OC)C1.O=C(N[C@H]1C[C@@H](O)C[C@@H](C(=O)O)C1)OCc1ccccc1. The molecular weight excluding hydrogens is 572 g/mol. The van der Waals surface area contributed by atoms with Crippen molar-refractivity contribution in [2.75, 3.05) is 14.2 Å². The number of carbonyl (C=O) groups is 4. The highest BCUT2D eigenvalue weighted by molar-refractivity contribution is 5.73. The minimum absolute atomic E-state index is 0.0766. The van der Waals surface area contributed by atoms with Gasteiger partial charge >= 0.3 is 24.1 Å². The fourth-order valence-corrected chi connectivity index (χ4v) is 5.41. The molecule has 0 unspecified atom stereocenters. The minimum Gasteiger partial charge on any atom is -0.481 e. The van der Waals surface area contributed by atoms with E-state index < -0.39 is 30.2 Å². The van der Waals surface area contributed by atoms with Crippen LogP contribution in [0, 0.1) is 11.8 Å². The molecule has 12 nitrogen and oxygen atoms in total. The van der Waals surface area contributed by atoms with Gasteiger partial charge in [-0.15, -0.1) is 0 Å². The van der Waals surface area contributed by atoms with E-state index in [1.807, 2.05) is 60.7 Å². The first-order valence-corrected chi connectivity index (χ1v) is 14.6. The number of benzene rings is 2. The third-order valence-electron chi connectivity index (χ3n) is 7.63. The molecule has 2 aliphatic carbocycles. The van der Waals surface area contributed by atoms with Gasteiger partial charge in [-0.2, -0.15) is 0 Å². The van der Waals surface area contributed by atoms with Gasteiger partial charge in [-0.05, 0) is 49.7 Å². The van der Waals surface area contributed by atoms with E-state index in [-0.39, 0.29) is 49.7 Å². The van der Waals surface area contributed by atoms with Crippen LogP contribution in [0.4, 0.5) is 9.59 Å². The lowest BCUT2D eigenvalue weighted by atomic mass is 9.84. The molecule has 4 N–H and O–H groups in total. The number of hydrogen-bond acceptors (Lipinski definition) is 9. The summed E-state index contributed by atoms with van der Waals surface area (Å²) in [4.78, 5) is 46.4. The molecule has 2 amide bonds. The van der Waals surface area contributed by atoms with Crippen molar-refractivity contribution >= 4 is 24.1 Å². The molecule has 2 saturated carbocycles. The molecule has 12 heteroatoms. The van der Waals surface area contributed by atoms with Gasteiger partial charge in [0, 0.05) is 19.2 Å². The Balaban J connectivity index is 0.000000241. The number of carboxylic acids is 1. The van der Waals surface area contributed by atoms with E-state index >= 15 is 0 Å². The Morgan fingerprint density at radius 2 is 1.20 bits per heavy atom. The summed E-state index contributed by atoms with van der Waals surface area (Å²) in [5.41, 5.74) is 1.80. The van der Waals surface area contributed by atoms with E-state index in [2.05, 4.69) is 10.6 Å². The van der Waals surface area contributed by atoms with Crippen molar-refractivity contribution in [2.24, 2.45) is 11.8 Å². The monoisotopic (exact) mass is 614 g/mol. The minimum atomic E-state index is -0.946. The van der Waals surface area contributed by atoms with Crippen LogP contribution in [0.3, 0.4) is 0 Å². The number of esters is 1. The van der Waals surface area contributed by atoms with Crippen molar-refractivity contribution in [3.05, 3.63) is 71.8 Å². The molecule has 2 aromatic rings. The van der Waals surface area contributed by atoms with Crippen LogP contribution in [0.2, 0.25) is 0 Å². The molecule has 0 saturated heterocycles. The molecule has 2 aliphatic rings. The zero-order chi connectivity index (χ0) is 31.9. The lowest BCUT2D eigenvalue weighted by Gasteiger charge is -2.32. The van der Waals surface area contributed by atoms with Crippen molar-refractivity contribution in [3.63, 3.8) is 0 Å². The van der Waals surface area contributed by atoms with Gasteiger partial charge in [0.1, 0.15) is 13.2 Å². The van der Waals surface area contributed by atoms with Gasteiger partial charge < -0.3 is 39.8 Å². The van der Waals surface area contributed by atoms with Gasteiger partial charge in [-0.25, -0.2) is 9.59 Å². The average molecular weight is 615 g/mol. The van der Waals surface area contributed by atoms with Gasteiger partial charge in [0.2, 0.25) is 0 Å². The highest BCUT2D eigenvalue weighted by Crippen LogP contribution is 2.28. The van der Waals surface area contributed by atoms with E-state index in [0.29, 0.717) is 32.1 Å². The van der Waals surface area contributed by atoms with Gasteiger partial charge in [-0.1, -0.05) is 60.7 Å². The largest absolute Gasteiger partial charge is 0.481 e. The molecule has 0 heterocycles. The molecule has 0 bridgehead atoms. The molecule has 44 heavy (non-hydrogen) atoms. The van der Waals surface area contributed by atoms with Crippen molar-refractivity contribution in [3.8, 4) is 0 Å². The summed E-state index contributed by atoms with van der Waals surface area (Å²) in [7, 11) is 2.98. The summed E-state index contributed by atoms with van der Waals surface area (Å²) in [6, 6.07) is 18.2. The molecule has 6 atom stereocenters. The summed E-state index contributed by atoms with van der Waals surface area (Å²) in [5, 5.41) is 24.1. The van der Waals surface area contributed by atoms with Crippen LogP contribution in [-0.4, -0.2) is 72.8 Å². The number of amides is 2. The number of carbonyl (C=O) groups excluding carboxylic acids is 3. The molecule has 0 spiro atoms. The van der Waals surface area contributed by atoms with Gasteiger partial charge in [-0.3, -0.25) is 9.59 Å². The van der Waals surface area contributed by atoms with E-state index in [1.54, 1.807) is 7.11 Å². The van der Waals surface area contributed by atoms with Crippen LogP contribution >= 0.6 is 0 Å². The maximum Gasteiger partial charge on any atom is 0.407 e. The number of nitrogens with one attached hydrogen (secondary N) is 2. The van der Waals surface area contributed by atoms with Crippen LogP contribution in [0.15, 0.2) is 60.7 Å². The Morgan fingerprint density at radius 1 is 0.705 bits per heavy atom. The van der Waals surface area contributed by atoms with Crippen molar-refractivity contribution in [1.82, 2.24) is 10.6 Å².